The van der Waals surface area contributed by atoms with E-state index in [1.807, 2.05) is 26.8 Å². The summed E-state index contributed by atoms with van der Waals surface area (Å²) < 4.78 is 0. The maximum Gasteiger partial charge on any atom is 0.220 e. The van der Waals surface area contributed by atoms with Crippen molar-refractivity contribution in [1.29, 1.82) is 0 Å². The lowest BCUT2D eigenvalue weighted by molar-refractivity contribution is -0.120. The van der Waals surface area contributed by atoms with Crippen molar-refractivity contribution in [3.05, 3.63) is 17.5 Å². The summed E-state index contributed by atoms with van der Waals surface area (Å²) in [6, 6.07) is 2.05. The highest BCUT2D eigenvalue weighted by molar-refractivity contribution is 5.75. The van der Waals surface area contributed by atoms with E-state index in [1.165, 1.54) is 12.8 Å². The molecule has 1 aliphatic carbocycles. The van der Waals surface area contributed by atoms with Crippen LogP contribution < -0.4 is 5.32 Å². The number of nitrogens with zero attached hydrogens (tertiary/aromatic N) is 1. The predicted molar refractivity (Wildman–Crippen MR) is 64.0 cm³/mol. The van der Waals surface area contributed by atoms with Crippen molar-refractivity contribution in [2.75, 3.05) is 0 Å². The Bertz CT molecular complexity index is 329. The molecule has 0 unspecified atom stereocenters. The van der Waals surface area contributed by atoms with Gasteiger partial charge < -0.3 is 5.32 Å². The number of aromatic amines is 1. The topological polar surface area (TPSA) is 57.8 Å². The number of carbonyl (C=O) groups is 1. The predicted octanol–water partition coefficient (Wildman–Crippen LogP) is 2.34. The molecular weight excluding hydrogens is 202 g/mol. The summed E-state index contributed by atoms with van der Waals surface area (Å²) in [5.74, 6) is 0.745. The molecule has 2 rings (SSSR count). The summed E-state index contributed by atoms with van der Waals surface area (Å²) in [4.78, 5) is 11.0. The molecule has 16 heavy (non-hydrogen) atoms. The minimum absolute atomic E-state index is 0.0765. The Labute approximate surface area is 96.8 Å². The van der Waals surface area contributed by atoms with Crippen molar-refractivity contribution in [3.63, 3.8) is 0 Å². The van der Waals surface area contributed by atoms with Crippen LogP contribution in [0.5, 0.6) is 0 Å². The Morgan fingerprint density at radius 2 is 2.25 bits per heavy atom. The van der Waals surface area contributed by atoms with E-state index >= 15 is 0 Å². The van der Waals surface area contributed by atoms with Crippen molar-refractivity contribution in [3.8, 4) is 0 Å². The van der Waals surface area contributed by atoms with Gasteiger partial charge in [0.25, 0.3) is 0 Å². The van der Waals surface area contributed by atoms with E-state index < -0.39 is 0 Å². The molecule has 1 saturated carbocycles. The summed E-state index contributed by atoms with van der Waals surface area (Å²) in [6.45, 7) is 6.41. The van der Waals surface area contributed by atoms with Crippen molar-refractivity contribution in [2.45, 2.75) is 52.5 Å². The van der Waals surface area contributed by atoms with Gasteiger partial charge in [-0.1, -0.05) is 20.8 Å². The molecule has 0 aliphatic heterocycles. The molecular formula is C12H21N3O. The molecule has 0 bridgehead atoms. The molecule has 1 aromatic heterocycles. The number of hydrogen-bond donors (Lipinski definition) is 2. The standard InChI is InChI=1S/C10H15N3O.C2H6/c1-2-10(14)11-6-8-5-9(13-12-8)7-3-4-7;1-2/h5,7H,2-4,6H2,1H3,(H,11,14)(H,12,13);1-2H3. The lowest BCUT2D eigenvalue weighted by Crippen LogP contribution is -2.21. The number of nitrogens with one attached hydrogen (secondary N) is 2. The zero-order valence-electron chi connectivity index (χ0n) is 10.3. The summed E-state index contributed by atoms with van der Waals surface area (Å²) in [5, 5.41) is 9.96. The van der Waals surface area contributed by atoms with E-state index in [0.717, 1.165) is 11.4 Å². The van der Waals surface area contributed by atoms with Crippen LogP contribution in [0.3, 0.4) is 0 Å². The van der Waals surface area contributed by atoms with Crippen LogP contribution in [0.4, 0.5) is 0 Å². The van der Waals surface area contributed by atoms with Gasteiger partial charge in [0.05, 0.1) is 17.9 Å². The van der Waals surface area contributed by atoms with Crippen LogP contribution in [0, 0.1) is 0 Å². The summed E-state index contributed by atoms with van der Waals surface area (Å²) in [5.41, 5.74) is 2.14. The van der Waals surface area contributed by atoms with Crippen molar-refractivity contribution in [2.24, 2.45) is 0 Å². The molecule has 1 aromatic rings. The van der Waals surface area contributed by atoms with Crippen LogP contribution in [0.25, 0.3) is 0 Å². The fourth-order valence-corrected chi connectivity index (χ4v) is 1.38. The third-order valence-corrected chi connectivity index (χ3v) is 2.44. The number of rotatable bonds is 4. The van der Waals surface area contributed by atoms with Crippen molar-refractivity contribution in [1.82, 2.24) is 15.5 Å². The monoisotopic (exact) mass is 223 g/mol. The number of hydrogen-bond acceptors (Lipinski definition) is 2. The number of H-pyrrole nitrogens is 1. The molecule has 1 aliphatic rings. The van der Waals surface area contributed by atoms with E-state index in [1.54, 1.807) is 0 Å². The zero-order chi connectivity index (χ0) is 12.0. The van der Waals surface area contributed by atoms with Crippen molar-refractivity contribution >= 4 is 5.91 Å². The Hall–Kier alpha value is -1.32. The van der Waals surface area contributed by atoms with Gasteiger partial charge in [-0.05, 0) is 18.9 Å². The van der Waals surface area contributed by atoms with E-state index in [4.69, 9.17) is 0 Å². The molecule has 1 fully saturated rings. The van der Waals surface area contributed by atoms with E-state index in [2.05, 4.69) is 15.5 Å². The lowest BCUT2D eigenvalue weighted by Gasteiger charge is -1.99. The molecule has 0 aromatic carbocycles. The average molecular weight is 223 g/mol. The third kappa shape index (κ3) is 3.68. The van der Waals surface area contributed by atoms with E-state index in [0.29, 0.717) is 18.9 Å². The second kappa shape index (κ2) is 6.30. The number of amides is 1. The first-order valence-electron chi connectivity index (χ1n) is 6.10. The second-order valence-electron chi connectivity index (χ2n) is 3.72. The number of aromatic nitrogens is 2. The van der Waals surface area contributed by atoms with Gasteiger partial charge in [-0.2, -0.15) is 5.10 Å². The fraction of sp³-hybridized carbons (Fsp3) is 0.667. The van der Waals surface area contributed by atoms with Gasteiger partial charge in [0, 0.05) is 12.3 Å². The van der Waals surface area contributed by atoms with Crippen LogP contribution in [-0.2, 0) is 11.3 Å². The maximum absolute atomic E-state index is 11.0. The fourth-order valence-electron chi connectivity index (χ4n) is 1.38. The van der Waals surface area contributed by atoms with Gasteiger partial charge in [-0.3, -0.25) is 9.89 Å². The van der Waals surface area contributed by atoms with Crippen LogP contribution in [0.1, 0.15) is 57.3 Å². The van der Waals surface area contributed by atoms with Crippen LogP contribution in [-0.4, -0.2) is 16.1 Å². The molecule has 1 heterocycles. The highest BCUT2D eigenvalue weighted by atomic mass is 16.1. The largest absolute Gasteiger partial charge is 0.350 e. The third-order valence-electron chi connectivity index (χ3n) is 2.44. The van der Waals surface area contributed by atoms with Gasteiger partial charge in [0.2, 0.25) is 5.91 Å². The van der Waals surface area contributed by atoms with Crippen molar-refractivity contribution < 1.29 is 4.79 Å². The molecule has 0 radical (unpaired) electrons. The first kappa shape index (κ1) is 12.7. The Morgan fingerprint density at radius 1 is 1.56 bits per heavy atom. The van der Waals surface area contributed by atoms with Gasteiger partial charge >= 0.3 is 0 Å². The lowest BCUT2D eigenvalue weighted by atomic mass is 10.2. The first-order chi connectivity index (χ1) is 7.79. The summed E-state index contributed by atoms with van der Waals surface area (Å²) >= 11 is 0. The molecule has 4 heteroatoms. The highest BCUT2D eigenvalue weighted by Crippen LogP contribution is 2.38. The van der Waals surface area contributed by atoms with E-state index in [-0.39, 0.29) is 5.91 Å². The quantitative estimate of drug-likeness (QED) is 0.823. The minimum atomic E-state index is 0.0765. The first-order valence-corrected chi connectivity index (χ1v) is 6.10. The van der Waals surface area contributed by atoms with Crippen LogP contribution >= 0.6 is 0 Å². The van der Waals surface area contributed by atoms with Gasteiger partial charge in [0.15, 0.2) is 0 Å². The molecule has 90 valence electrons. The van der Waals surface area contributed by atoms with Crippen LogP contribution in [0.15, 0.2) is 6.07 Å². The molecule has 4 nitrogen and oxygen atoms in total. The molecule has 2 N–H and O–H groups in total. The maximum atomic E-state index is 11.0. The minimum Gasteiger partial charge on any atom is -0.350 e. The van der Waals surface area contributed by atoms with Gasteiger partial charge in [-0.15, -0.1) is 0 Å². The Balaban J connectivity index is 0.000000606. The summed E-state index contributed by atoms with van der Waals surface area (Å²) in [7, 11) is 0. The molecule has 0 spiro atoms. The Morgan fingerprint density at radius 3 is 2.81 bits per heavy atom. The normalized spacial score (nSPS) is 13.9. The van der Waals surface area contributed by atoms with Crippen LogP contribution in [0.2, 0.25) is 0 Å². The van der Waals surface area contributed by atoms with Gasteiger partial charge in [0.1, 0.15) is 0 Å². The van der Waals surface area contributed by atoms with E-state index in [9.17, 15) is 4.79 Å². The molecule has 0 atom stereocenters. The highest BCUT2D eigenvalue weighted by Gasteiger charge is 2.25. The molecule has 1 amide bonds. The number of carbonyl (C=O) groups excluding carboxylic acids is 1. The summed E-state index contributed by atoms with van der Waals surface area (Å²) in [6.07, 6.45) is 3.04. The average Bonchev–Trinajstić information content (AvgIpc) is 3.08. The zero-order valence-corrected chi connectivity index (χ0v) is 10.3. The SMILES string of the molecule is CC.CCC(=O)NCc1cc(C2CC2)n[nH]1. The Kier molecular flexibility index (Phi) is 5.02. The smallest absolute Gasteiger partial charge is 0.220 e. The van der Waals surface area contributed by atoms with Gasteiger partial charge in [-0.25, -0.2) is 0 Å². The second-order valence-corrected chi connectivity index (χ2v) is 3.72. The molecule has 0 saturated heterocycles.